The summed E-state index contributed by atoms with van der Waals surface area (Å²) in [4.78, 5) is 10.2. The van der Waals surface area contributed by atoms with Crippen LogP contribution in [0, 0.1) is 5.41 Å². The van der Waals surface area contributed by atoms with E-state index in [4.69, 9.17) is 11.6 Å². The molecule has 8 heavy (non-hydrogen) atoms. The first-order chi connectivity index (χ1) is 2.94. The highest BCUT2D eigenvalue weighted by molar-refractivity contribution is 6.64. The molecular weight excluding hydrogens is 126 g/mol. The van der Waals surface area contributed by atoms with Gasteiger partial charge >= 0.3 is 0 Å². The zero-order valence-corrected chi connectivity index (χ0v) is 5.99. The monoisotopic (exact) mass is 134 g/mol. The Morgan fingerprint density at radius 2 is 1.50 bits per heavy atom. The third-order valence-corrected chi connectivity index (χ3v) is 1.16. The maximum absolute atomic E-state index is 10.2. The van der Waals surface area contributed by atoms with Crippen LogP contribution >= 0.6 is 11.6 Å². The fraction of sp³-hybridized carbons (Fsp3) is 0.800. The van der Waals surface area contributed by atoms with Crippen molar-refractivity contribution >= 4 is 16.8 Å². The average Bonchev–Trinajstić information content (AvgIpc) is 1.31. The molecule has 0 aromatic heterocycles. The Bertz CT molecular complexity index is 84.9. The minimum absolute atomic E-state index is 0. The van der Waals surface area contributed by atoms with E-state index >= 15 is 0 Å². The van der Waals surface area contributed by atoms with Crippen LogP contribution in [0.3, 0.4) is 0 Å². The lowest BCUT2D eigenvalue weighted by Gasteiger charge is -2.08. The molecule has 0 amide bonds. The molecule has 0 unspecified atom stereocenters. The Morgan fingerprint density at radius 1 is 1.38 bits per heavy atom. The summed E-state index contributed by atoms with van der Waals surface area (Å²) in [5.41, 5.74) is -0.373. The van der Waals surface area contributed by atoms with Crippen LogP contribution in [0.25, 0.3) is 0 Å². The van der Waals surface area contributed by atoms with Crippen molar-refractivity contribution in [3.8, 4) is 0 Å². The molecule has 0 atom stereocenters. The normalized spacial score (nSPS) is 10.0. The van der Waals surface area contributed by atoms with Gasteiger partial charge in [-0.05, 0) is 11.6 Å². The van der Waals surface area contributed by atoms with Crippen molar-refractivity contribution in [2.45, 2.75) is 20.8 Å². The number of carbonyl (C=O) groups excluding carboxylic acids is 1. The third kappa shape index (κ3) is 4.09. The van der Waals surface area contributed by atoms with E-state index in [9.17, 15) is 4.79 Å². The summed E-state index contributed by atoms with van der Waals surface area (Å²) in [7, 11) is 0. The number of hydrogen-bond donors (Lipinski definition) is 0. The molecular formula is C5H9ClNO. The van der Waals surface area contributed by atoms with Gasteiger partial charge in [0.2, 0.25) is 5.24 Å². The standard InChI is InChI=1S/C5H9ClO.N/c1-5(2,3)4(6)7;/h1-3H3;. The molecule has 0 saturated heterocycles. The lowest BCUT2D eigenvalue weighted by molar-refractivity contribution is -0.118. The maximum atomic E-state index is 10.2. The van der Waals surface area contributed by atoms with E-state index in [-0.39, 0.29) is 16.8 Å². The van der Waals surface area contributed by atoms with Gasteiger partial charge in [0, 0.05) is 11.6 Å². The Labute approximate surface area is 54.8 Å². The molecule has 2 nitrogen and oxygen atoms in total. The highest BCUT2D eigenvalue weighted by atomic mass is 35.5. The van der Waals surface area contributed by atoms with Crippen molar-refractivity contribution < 1.29 is 4.79 Å². The highest BCUT2D eigenvalue weighted by Gasteiger charge is 2.17. The van der Waals surface area contributed by atoms with Crippen molar-refractivity contribution in [2.75, 3.05) is 0 Å². The Hall–Kier alpha value is -0.0800. The van der Waals surface area contributed by atoms with Crippen LogP contribution in [-0.4, -0.2) is 5.24 Å². The predicted octanol–water partition coefficient (Wildman–Crippen LogP) is 1.32. The molecule has 0 N–H and O–H groups in total. The second-order valence-corrected chi connectivity index (χ2v) is 2.87. The molecule has 0 heterocycles. The van der Waals surface area contributed by atoms with Gasteiger partial charge in [-0.15, -0.1) is 0 Å². The fourth-order valence-corrected chi connectivity index (χ4v) is 0. The molecule has 0 aliphatic carbocycles. The van der Waals surface area contributed by atoms with Crippen molar-refractivity contribution in [1.29, 1.82) is 0 Å². The summed E-state index contributed by atoms with van der Waals surface area (Å²) in [5, 5.41) is -0.285. The first-order valence-corrected chi connectivity index (χ1v) is 2.52. The van der Waals surface area contributed by atoms with Gasteiger partial charge in [-0.25, -0.2) is 0 Å². The van der Waals surface area contributed by atoms with Crippen LogP contribution in [0.15, 0.2) is 0 Å². The summed E-state index contributed by atoms with van der Waals surface area (Å²) < 4.78 is 0. The maximum Gasteiger partial charge on any atom is 0.226 e. The number of halogens is 1. The van der Waals surface area contributed by atoms with Crippen LogP contribution in [0.2, 0.25) is 0 Å². The lowest BCUT2D eigenvalue weighted by atomic mass is 10.00. The van der Waals surface area contributed by atoms with Crippen molar-refractivity contribution in [3.63, 3.8) is 0 Å². The van der Waals surface area contributed by atoms with Crippen LogP contribution in [0.1, 0.15) is 20.8 Å². The molecule has 0 aromatic rings. The topological polar surface area (TPSA) is 47.6 Å². The molecule has 0 bridgehead atoms. The van der Waals surface area contributed by atoms with Gasteiger partial charge in [0.05, 0.1) is 0 Å². The second-order valence-electron chi connectivity index (χ2n) is 2.52. The molecule has 0 aliphatic rings. The SMILES string of the molecule is CC(C)(C)C(=O)Cl.[N]. The second kappa shape index (κ2) is 3.05. The molecule has 47 valence electrons. The van der Waals surface area contributed by atoms with Crippen LogP contribution in [0.5, 0.6) is 0 Å². The smallest absolute Gasteiger partial charge is 0.226 e. The Balaban J connectivity index is 0. The van der Waals surface area contributed by atoms with Gasteiger partial charge in [0.25, 0.3) is 0 Å². The molecule has 0 aliphatic heterocycles. The van der Waals surface area contributed by atoms with Gasteiger partial charge in [-0.3, -0.25) is 4.79 Å². The summed E-state index contributed by atoms with van der Waals surface area (Å²) in [6.07, 6.45) is 0. The minimum atomic E-state index is -0.373. The Kier molecular flexibility index (Phi) is 4.12. The first kappa shape index (κ1) is 10.8. The van der Waals surface area contributed by atoms with E-state index in [0.29, 0.717) is 0 Å². The van der Waals surface area contributed by atoms with Crippen LogP contribution in [0.4, 0.5) is 0 Å². The van der Waals surface area contributed by atoms with E-state index in [1.54, 1.807) is 20.8 Å². The number of hydrogen-bond acceptors (Lipinski definition) is 1. The Morgan fingerprint density at radius 3 is 1.50 bits per heavy atom. The van der Waals surface area contributed by atoms with Crippen LogP contribution < -0.4 is 6.15 Å². The zero-order chi connectivity index (χ0) is 6.08. The van der Waals surface area contributed by atoms with Crippen LogP contribution in [-0.2, 0) is 4.79 Å². The quantitative estimate of drug-likeness (QED) is 0.461. The molecule has 0 fully saturated rings. The van der Waals surface area contributed by atoms with Crippen molar-refractivity contribution in [1.82, 2.24) is 6.15 Å². The number of carbonyl (C=O) groups is 1. The zero-order valence-electron chi connectivity index (χ0n) is 5.23. The number of rotatable bonds is 0. The molecule has 3 heteroatoms. The van der Waals surface area contributed by atoms with E-state index in [2.05, 4.69) is 0 Å². The van der Waals surface area contributed by atoms with Gasteiger partial charge in [0.15, 0.2) is 0 Å². The van der Waals surface area contributed by atoms with Gasteiger partial charge in [-0.1, -0.05) is 20.8 Å². The lowest BCUT2D eigenvalue weighted by Crippen LogP contribution is -2.13. The number of nitrogens with zero attached hydrogens (tertiary/aromatic N) is 1. The molecule has 0 rings (SSSR count). The largest absolute Gasteiger partial charge is 0.281 e. The van der Waals surface area contributed by atoms with Gasteiger partial charge in [-0.2, -0.15) is 0 Å². The average molecular weight is 135 g/mol. The van der Waals surface area contributed by atoms with Gasteiger partial charge in [0.1, 0.15) is 0 Å². The van der Waals surface area contributed by atoms with Crippen molar-refractivity contribution in [2.24, 2.45) is 5.41 Å². The minimum Gasteiger partial charge on any atom is -0.281 e. The van der Waals surface area contributed by atoms with Gasteiger partial charge < -0.3 is 0 Å². The fourth-order valence-electron chi connectivity index (χ4n) is 0. The third-order valence-electron chi connectivity index (χ3n) is 0.590. The van der Waals surface area contributed by atoms with E-state index in [1.807, 2.05) is 0 Å². The predicted molar refractivity (Wildman–Crippen MR) is 32.4 cm³/mol. The molecule has 0 saturated carbocycles. The molecule has 3 radical (unpaired) electrons. The van der Waals surface area contributed by atoms with E-state index in [1.165, 1.54) is 0 Å². The van der Waals surface area contributed by atoms with E-state index in [0.717, 1.165) is 0 Å². The highest BCUT2D eigenvalue weighted by Crippen LogP contribution is 2.15. The summed E-state index contributed by atoms with van der Waals surface area (Å²) in [6, 6.07) is 0. The summed E-state index contributed by atoms with van der Waals surface area (Å²) >= 11 is 5.11. The summed E-state index contributed by atoms with van der Waals surface area (Å²) in [5.74, 6) is 0. The van der Waals surface area contributed by atoms with Crippen molar-refractivity contribution in [3.05, 3.63) is 0 Å². The molecule has 0 spiro atoms. The molecule has 0 aromatic carbocycles. The van der Waals surface area contributed by atoms with E-state index < -0.39 is 0 Å². The summed E-state index contributed by atoms with van der Waals surface area (Å²) in [6.45, 7) is 5.34. The first-order valence-electron chi connectivity index (χ1n) is 2.14.